The fraction of sp³-hybridized carbons (Fsp3) is 0.118. The number of nitrogens with two attached hydrogens (primary N) is 1. The third kappa shape index (κ3) is 4.41. The van der Waals surface area contributed by atoms with E-state index in [2.05, 4.69) is 15.5 Å². The Morgan fingerprint density at radius 3 is 2.68 bits per heavy atom. The van der Waals surface area contributed by atoms with Crippen LogP contribution in [0.5, 0.6) is 0 Å². The Labute approximate surface area is 169 Å². The minimum absolute atomic E-state index is 0.0407. The third-order valence-electron chi connectivity index (χ3n) is 3.72. The number of hydrogen-bond acceptors (Lipinski definition) is 7. The van der Waals surface area contributed by atoms with Gasteiger partial charge in [0, 0.05) is 16.7 Å². The van der Waals surface area contributed by atoms with Crippen LogP contribution in [0.3, 0.4) is 0 Å². The van der Waals surface area contributed by atoms with E-state index in [-0.39, 0.29) is 17.1 Å². The first-order valence-corrected chi connectivity index (χ1v) is 9.35. The van der Waals surface area contributed by atoms with Crippen LogP contribution >= 0.6 is 23.4 Å². The van der Waals surface area contributed by atoms with Gasteiger partial charge in [-0.05, 0) is 42.8 Å². The average molecular weight is 419 g/mol. The summed E-state index contributed by atoms with van der Waals surface area (Å²) in [5, 5.41) is 22.6. The maximum atomic E-state index is 12.2. The number of anilines is 1. The molecule has 3 aromatic rings. The van der Waals surface area contributed by atoms with Crippen molar-refractivity contribution >= 4 is 40.6 Å². The highest BCUT2D eigenvalue weighted by molar-refractivity contribution is 7.99. The number of amides is 1. The lowest BCUT2D eigenvalue weighted by molar-refractivity contribution is -0.384. The van der Waals surface area contributed by atoms with Gasteiger partial charge in [0.2, 0.25) is 11.1 Å². The van der Waals surface area contributed by atoms with E-state index in [4.69, 9.17) is 17.4 Å². The second-order valence-electron chi connectivity index (χ2n) is 5.80. The molecule has 0 aliphatic carbocycles. The second-order valence-corrected chi connectivity index (χ2v) is 7.18. The Kier molecular flexibility index (Phi) is 5.81. The van der Waals surface area contributed by atoms with Gasteiger partial charge in [0.25, 0.3) is 5.69 Å². The van der Waals surface area contributed by atoms with Crippen LogP contribution in [0.4, 0.5) is 11.4 Å². The summed E-state index contributed by atoms with van der Waals surface area (Å²) in [4.78, 5) is 22.8. The first kappa shape index (κ1) is 19.6. The molecule has 0 unspecified atom stereocenters. The van der Waals surface area contributed by atoms with Gasteiger partial charge in [-0.25, -0.2) is 4.68 Å². The van der Waals surface area contributed by atoms with Gasteiger partial charge >= 0.3 is 0 Å². The van der Waals surface area contributed by atoms with Gasteiger partial charge in [0.15, 0.2) is 5.82 Å². The number of benzene rings is 2. The monoisotopic (exact) mass is 418 g/mol. The van der Waals surface area contributed by atoms with Crippen LogP contribution in [0.25, 0.3) is 11.4 Å². The van der Waals surface area contributed by atoms with Crippen molar-refractivity contribution in [1.82, 2.24) is 14.9 Å². The van der Waals surface area contributed by atoms with E-state index in [0.717, 1.165) is 22.9 Å². The predicted octanol–water partition coefficient (Wildman–Crippen LogP) is 3.26. The highest BCUT2D eigenvalue weighted by atomic mass is 35.5. The van der Waals surface area contributed by atoms with Crippen molar-refractivity contribution in [2.75, 3.05) is 16.9 Å². The minimum Gasteiger partial charge on any atom is -0.335 e. The number of nitrogens with one attached hydrogen (secondary N) is 1. The standard InChI is InChI=1S/C17H15ClN6O3S/c1-10-2-7-13(14(8-10)24(26)27)20-15(25)9-28-17-22-21-16(23(17)19)11-3-5-12(18)6-4-11/h2-8H,9,19H2,1H3,(H,20,25). The molecule has 1 amide bonds. The summed E-state index contributed by atoms with van der Waals surface area (Å²) in [6.07, 6.45) is 0. The molecule has 0 spiro atoms. The van der Waals surface area contributed by atoms with Crippen molar-refractivity contribution in [3.63, 3.8) is 0 Å². The lowest BCUT2D eigenvalue weighted by Gasteiger charge is -2.07. The number of nitrogen functional groups attached to an aromatic ring is 1. The molecule has 0 aliphatic heterocycles. The molecular formula is C17H15ClN6O3S. The van der Waals surface area contributed by atoms with Gasteiger partial charge in [-0.15, -0.1) is 10.2 Å². The number of nitro groups is 1. The second kappa shape index (κ2) is 8.28. The predicted molar refractivity (Wildman–Crippen MR) is 108 cm³/mol. The Balaban J connectivity index is 1.67. The normalized spacial score (nSPS) is 10.6. The zero-order chi connectivity index (χ0) is 20.3. The van der Waals surface area contributed by atoms with Gasteiger partial charge in [-0.3, -0.25) is 14.9 Å². The van der Waals surface area contributed by atoms with Crippen molar-refractivity contribution < 1.29 is 9.72 Å². The number of aromatic nitrogens is 3. The van der Waals surface area contributed by atoms with Crippen LogP contribution in [-0.4, -0.2) is 31.5 Å². The topological polar surface area (TPSA) is 129 Å². The van der Waals surface area contributed by atoms with Gasteiger partial charge < -0.3 is 11.2 Å². The first-order chi connectivity index (χ1) is 13.3. The molecule has 0 bridgehead atoms. The summed E-state index contributed by atoms with van der Waals surface area (Å²) in [6.45, 7) is 1.74. The van der Waals surface area contributed by atoms with E-state index >= 15 is 0 Å². The van der Waals surface area contributed by atoms with Crippen molar-refractivity contribution in [3.8, 4) is 11.4 Å². The Morgan fingerprint density at radius 1 is 1.29 bits per heavy atom. The number of hydrogen-bond donors (Lipinski definition) is 2. The van der Waals surface area contributed by atoms with Crippen LogP contribution in [0, 0.1) is 17.0 Å². The van der Waals surface area contributed by atoms with E-state index < -0.39 is 10.8 Å². The summed E-state index contributed by atoms with van der Waals surface area (Å²) in [7, 11) is 0. The van der Waals surface area contributed by atoms with E-state index in [1.807, 2.05) is 0 Å². The van der Waals surface area contributed by atoms with Gasteiger partial charge in [-0.1, -0.05) is 29.4 Å². The molecule has 3 rings (SSSR count). The highest BCUT2D eigenvalue weighted by Crippen LogP contribution is 2.26. The Hall–Kier alpha value is -3.11. The van der Waals surface area contributed by atoms with Crippen molar-refractivity contribution in [2.24, 2.45) is 0 Å². The number of carbonyl (C=O) groups excluding carboxylic acids is 1. The van der Waals surface area contributed by atoms with Gasteiger partial charge in [0.05, 0.1) is 10.7 Å². The molecule has 144 valence electrons. The highest BCUT2D eigenvalue weighted by Gasteiger charge is 2.18. The largest absolute Gasteiger partial charge is 0.335 e. The zero-order valence-corrected chi connectivity index (χ0v) is 16.2. The molecule has 1 aromatic heterocycles. The summed E-state index contributed by atoms with van der Waals surface area (Å²) >= 11 is 6.94. The van der Waals surface area contributed by atoms with Gasteiger partial charge in [0.1, 0.15) is 5.69 Å². The number of thioether (sulfide) groups is 1. The van der Waals surface area contributed by atoms with E-state index in [0.29, 0.717) is 16.0 Å². The Morgan fingerprint density at radius 2 is 2.00 bits per heavy atom. The molecule has 9 nitrogen and oxygen atoms in total. The van der Waals surface area contributed by atoms with Crippen LogP contribution in [-0.2, 0) is 4.79 Å². The maximum Gasteiger partial charge on any atom is 0.293 e. The number of carbonyl (C=O) groups is 1. The fourth-order valence-electron chi connectivity index (χ4n) is 2.39. The van der Waals surface area contributed by atoms with E-state index in [1.54, 1.807) is 37.3 Å². The molecule has 2 aromatic carbocycles. The smallest absolute Gasteiger partial charge is 0.293 e. The summed E-state index contributed by atoms with van der Waals surface area (Å²) in [6, 6.07) is 11.5. The molecule has 3 N–H and O–H groups in total. The summed E-state index contributed by atoms with van der Waals surface area (Å²) in [5.74, 6) is 5.97. The molecule has 0 saturated carbocycles. The SMILES string of the molecule is Cc1ccc(NC(=O)CSc2nnc(-c3ccc(Cl)cc3)n2N)c([N+](=O)[O-])c1. The average Bonchev–Trinajstić information content (AvgIpc) is 3.02. The number of rotatable bonds is 6. The van der Waals surface area contributed by atoms with Crippen LogP contribution in [0.2, 0.25) is 5.02 Å². The fourth-order valence-corrected chi connectivity index (χ4v) is 3.17. The lowest BCUT2D eigenvalue weighted by Crippen LogP contribution is -2.17. The summed E-state index contributed by atoms with van der Waals surface area (Å²) < 4.78 is 1.27. The van der Waals surface area contributed by atoms with Crippen LogP contribution < -0.4 is 11.2 Å². The van der Waals surface area contributed by atoms with Crippen molar-refractivity contribution in [3.05, 3.63) is 63.2 Å². The molecule has 1 heterocycles. The number of halogens is 1. The van der Waals surface area contributed by atoms with E-state index in [1.165, 1.54) is 16.8 Å². The zero-order valence-electron chi connectivity index (χ0n) is 14.6. The molecule has 0 aliphatic rings. The molecular weight excluding hydrogens is 404 g/mol. The molecule has 11 heteroatoms. The first-order valence-electron chi connectivity index (χ1n) is 7.99. The maximum absolute atomic E-state index is 12.2. The quantitative estimate of drug-likeness (QED) is 0.272. The minimum atomic E-state index is -0.537. The van der Waals surface area contributed by atoms with Crippen LogP contribution in [0.1, 0.15) is 5.56 Å². The number of aryl methyl sites for hydroxylation is 1. The third-order valence-corrected chi connectivity index (χ3v) is 4.92. The summed E-state index contributed by atoms with van der Waals surface area (Å²) in [5.41, 5.74) is 1.43. The van der Waals surface area contributed by atoms with Crippen molar-refractivity contribution in [1.29, 1.82) is 0 Å². The molecule has 0 atom stereocenters. The lowest BCUT2D eigenvalue weighted by atomic mass is 10.2. The molecule has 0 saturated heterocycles. The number of nitrogens with zero attached hydrogens (tertiary/aromatic N) is 4. The van der Waals surface area contributed by atoms with Gasteiger partial charge in [-0.2, -0.15) is 0 Å². The molecule has 28 heavy (non-hydrogen) atoms. The van der Waals surface area contributed by atoms with E-state index in [9.17, 15) is 14.9 Å². The number of nitro benzene ring substituents is 1. The van der Waals surface area contributed by atoms with Crippen molar-refractivity contribution in [2.45, 2.75) is 12.1 Å². The molecule has 0 fully saturated rings. The van der Waals surface area contributed by atoms with Crippen LogP contribution in [0.15, 0.2) is 47.6 Å². The molecule has 0 radical (unpaired) electrons. The Bertz CT molecular complexity index is 1040.